The number of thioether (sulfide) groups is 1. The minimum atomic E-state index is -1.49. The highest BCUT2D eigenvalue weighted by atomic mass is 32.2. The topological polar surface area (TPSA) is 127 Å². The van der Waals surface area contributed by atoms with Crippen LogP contribution in [0.25, 0.3) is 5.57 Å². The molecule has 7 nitrogen and oxygen atoms in total. The van der Waals surface area contributed by atoms with Crippen molar-refractivity contribution in [2.24, 2.45) is 11.5 Å². The second-order valence-corrected chi connectivity index (χ2v) is 11.0. The molecule has 1 aromatic carbocycles. The maximum atomic E-state index is 12.5. The summed E-state index contributed by atoms with van der Waals surface area (Å²) in [6, 6.07) is 12.7. The van der Waals surface area contributed by atoms with Gasteiger partial charge in [-0.25, -0.2) is 4.21 Å². The largest absolute Gasteiger partial charge is 0.506 e. The standard InChI is InChI=1S/C17H21N3O2S.C6H7N.C3H6.C2H4S.2C2H6.CH5N/c1-11(2)16-15(9-13(21)10-19-16)20-23(22)14-7-5-12(6-8-14)17(3,4)18;1-6-2-4-7-5-3-6;1-3-2;1-2-3-1;3*1-2/h5-10,20-21H,1,18H2,2-4H3;2-5H,1H3;3H,1H2,2H3;1-2H2;2*1-2H3;2H2,1H3. The Hall–Kier alpha value is -2.98. The Morgan fingerprint density at radius 2 is 1.52 bits per heavy atom. The van der Waals surface area contributed by atoms with Crippen LogP contribution in [0.15, 0.2) is 85.2 Å². The Morgan fingerprint density at radius 1 is 1.07 bits per heavy atom. The van der Waals surface area contributed by atoms with E-state index in [-0.39, 0.29) is 5.75 Å². The number of nitrogens with zero attached hydrogens (tertiary/aromatic N) is 2. The van der Waals surface area contributed by atoms with Crippen molar-refractivity contribution in [3.8, 4) is 5.75 Å². The van der Waals surface area contributed by atoms with Gasteiger partial charge < -0.3 is 16.6 Å². The third kappa shape index (κ3) is 21.7. The number of allylic oxidation sites excluding steroid dienone is 2. The molecule has 1 unspecified atom stereocenters. The smallest absolute Gasteiger partial charge is 0.150 e. The molecule has 2 aromatic heterocycles. The maximum absolute atomic E-state index is 12.5. The summed E-state index contributed by atoms with van der Waals surface area (Å²) in [5.41, 5.74) is 14.1. The van der Waals surface area contributed by atoms with Gasteiger partial charge in [-0.15, -0.1) is 6.58 Å². The number of hydrogen-bond donors (Lipinski definition) is 4. The van der Waals surface area contributed by atoms with Gasteiger partial charge in [0.15, 0.2) is 0 Å². The van der Waals surface area contributed by atoms with E-state index in [0.29, 0.717) is 21.8 Å². The fourth-order valence-corrected chi connectivity index (χ4v) is 3.32. The van der Waals surface area contributed by atoms with Crippen LogP contribution in [0, 0.1) is 6.92 Å². The molecular weight excluding hydrogens is 563 g/mol. The number of rotatable bonds is 5. The Balaban J connectivity index is -0.000000650. The first-order valence-electron chi connectivity index (χ1n) is 14.0. The molecule has 1 atom stereocenters. The first-order valence-corrected chi connectivity index (χ1v) is 16.3. The summed E-state index contributed by atoms with van der Waals surface area (Å²) in [5, 5.41) is 9.58. The Morgan fingerprint density at radius 3 is 1.86 bits per heavy atom. The molecule has 1 fully saturated rings. The number of aromatic hydroxyl groups is 1. The van der Waals surface area contributed by atoms with E-state index >= 15 is 0 Å². The van der Waals surface area contributed by atoms with Gasteiger partial charge in [-0.1, -0.05) is 52.5 Å². The molecule has 0 spiro atoms. The molecule has 0 aliphatic carbocycles. The lowest BCUT2D eigenvalue weighted by Gasteiger charge is -2.19. The second-order valence-electron chi connectivity index (χ2n) is 8.53. The molecule has 6 N–H and O–H groups in total. The van der Waals surface area contributed by atoms with E-state index in [0.717, 1.165) is 5.56 Å². The van der Waals surface area contributed by atoms with Crippen molar-refractivity contribution in [2.75, 3.05) is 23.3 Å². The zero-order valence-electron chi connectivity index (χ0n) is 27.4. The number of hydrogen-bond acceptors (Lipinski definition) is 7. The Bertz CT molecular complexity index is 1110. The van der Waals surface area contributed by atoms with E-state index in [9.17, 15) is 9.32 Å². The van der Waals surface area contributed by atoms with Gasteiger partial charge in [0.05, 0.1) is 22.5 Å². The monoisotopic (exact) mass is 617 g/mol. The predicted molar refractivity (Wildman–Crippen MR) is 189 cm³/mol. The normalized spacial score (nSPS) is 10.9. The number of nitrogens with two attached hydrogens (primary N) is 2. The van der Waals surface area contributed by atoms with E-state index in [2.05, 4.69) is 33.6 Å². The summed E-state index contributed by atoms with van der Waals surface area (Å²) in [7, 11) is 0.0124. The van der Waals surface area contributed by atoms with Crippen LogP contribution in [0.2, 0.25) is 0 Å². The lowest BCUT2D eigenvalue weighted by molar-refractivity contribution is 0.473. The van der Waals surface area contributed by atoms with E-state index in [1.807, 2.05) is 91.4 Å². The lowest BCUT2D eigenvalue weighted by atomic mass is 9.96. The quantitative estimate of drug-likeness (QED) is 0.168. The Labute approximate surface area is 262 Å². The van der Waals surface area contributed by atoms with Gasteiger partial charge in [0.2, 0.25) is 0 Å². The van der Waals surface area contributed by atoms with E-state index in [1.165, 1.54) is 36.4 Å². The van der Waals surface area contributed by atoms with Gasteiger partial charge in [0, 0.05) is 35.5 Å². The van der Waals surface area contributed by atoms with Gasteiger partial charge in [0.25, 0.3) is 0 Å². The van der Waals surface area contributed by atoms with Crippen LogP contribution in [-0.2, 0) is 16.5 Å². The molecule has 1 saturated heterocycles. The van der Waals surface area contributed by atoms with Crippen molar-refractivity contribution < 1.29 is 9.32 Å². The van der Waals surface area contributed by atoms with Crippen molar-refractivity contribution in [1.29, 1.82) is 0 Å². The van der Waals surface area contributed by atoms with Gasteiger partial charge in [-0.05, 0) is 82.6 Å². The average molecular weight is 618 g/mol. The highest BCUT2D eigenvalue weighted by molar-refractivity contribution is 8.06. The van der Waals surface area contributed by atoms with Crippen molar-refractivity contribution in [1.82, 2.24) is 9.97 Å². The van der Waals surface area contributed by atoms with Gasteiger partial charge >= 0.3 is 0 Å². The van der Waals surface area contributed by atoms with Crippen LogP contribution in [0.4, 0.5) is 5.69 Å². The van der Waals surface area contributed by atoms with Crippen LogP contribution in [-0.4, -0.2) is 37.8 Å². The van der Waals surface area contributed by atoms with E-state index < -0.39 is 16.5 Å². The van der Waals surface area contributed by atoms with Gasteiger partial charge in [-0.2, -0.15) is 11.8 Å². The summed E-state index contributed by atoms with van der Waals surface area (Å²) in [6.07, 6.45) is 6.65. The summed E-state index contributed by atoms with van der Waals surface area (Å²) in [5.74, 6) is 2.83. The summed E-state index contributed by atoms with van der Waals surface area (Å²) in [4.78, 5) is 8.56. The fraction of sp³-hybridized carbons (Fsp3) is 0.394. The number of anilines is 1. The van der Waals surface area contributed by atoms with E-state index in [4.69, 9.17) is 5.73 Å². The minimum absolute atomic E-state index is 0.00488. The highest BCUT2D eigenvalue weighted by Gasteiger charge is 2.15. The molecular formula is C33H55N5O2S2. The first kappa shape index (κ1) is 43.5. The Kier molecular flexibility index (Phi) is 27.8. The van der Waals surface area contributed by atoms with Crippen LogP contribution in [0.1, 0.15) is 72.2 Å². The molecule has 42 heavy (non-hydrogen) atoms. The fourth-order valence-electron chi connectivity index (χ4n) is 2.46. The van der Waals surface area contributed by atoms with Crippen LogP contribution >= 0.6 is 11.8 Å². The summed E-state index contributed by atoms with van der Waals surface area (Å²) < 4.78 is 15.4. The minimum Gasteiger partial charge on any atom is -0.506 e. The van der Waals surface area contributed by atoms with Crippen LogP contribution in [0.3, 0.4) is 0 Å². The SMILES string of the molecule is C1CS1.C=C(C)c1ncc(O)cc1NS(=O)c1ccc(C(C)(C)N)cc1.C=CC.CC.CC.CN.Cc1ccncc1. The molecule has 0 radical (unpaired) electrons. The molecule has 0 amide bonds. The molecule has 4 rings (SSSR count). The molecule has 0 bridgehead atoms. The van der Waals surface area contributed by atoms with Crippen molar-refractivity contribution >= 4 is 34.0 Å². The molecule has 1 aliphatic heterocycles. The molecule has 9 heteroatoms. The first-order chi connectivity index (χ1) is 20.0. The zero-order valence-corrected chi connectivity index (χ0v) is 29.0. The summed E-state index contributed by atoms with van der Waals surface area (Å²) in [6.45, 7) is 24.8. The van der Waals surface area contributed by atoms with Crippen LogP contribution in [0.5, 0.6) is 5.75 Å². The number of aromatic nitrogens is 2. The van der Waals surface area contributed by atoms with Crippen LogP contribution < -0.4 is 16.2 Å². The third-order valence-corrected chi connectivity index (χ3v) is 5.86. The van der Waals surface area contributed by atoms with Gasteiger partial charge in [0.1, 0.15) is 16.7 Å². The summed E-state index contributed by atoms with van der Waals surface area (Å²) >= 11 is 2.00. The zero-order chi connectivity index (χ0) is 33.1. The molecule has 0 saturated carbocycles. The number of benzene rings is 1. The van der Waals surface area contributed by atoms with Gasteiger partial charge in [-0.3, -0.25) is 14.7 Å². The number of aryl methyl sites for hydroxylation is 1. The molecule has 3 heterocycles. The van der Waals surface area contributed by atoms with Crippen molar-refractivity contribution in [3.05, 3.63) is 97.1 Å². The molecule has 1 aliphatic rings. The number of nitrogens with one attached hydrogen (secondary N) is 1. The maximum Gasteiger partial charge on any atom is 0.150 e. The van der Waals surface area contributed by atoms with Crippen molar-refractivity contribution in [3.63, 3.8) is 0 Å². The average Bonchev–Trinajstić information content (AvgIpc) is 3.87. The van der Waals surface area contributed by atoms with Crippen molar-refractivity contribution in [2.45, 2.75) is 72.7 Å². The lowest BCUT2D eigenvalue weighted by Crippen LogP contribution is -2.28. The number of pyridine rings is 2. The third-order valence-electron chi connectivity index (χ3n) is 4.34. The molecule has 3 aromatic rings. The predicted octanol–water partition coefficient (Wildman–Crippen LogP) is 8.09. The van der Waals surface area contributed by atoms with E-state index in [1.54, 1.807) is 37.5 Å². The molecule has 236 valence electrons. The second kappa shape index (κ2) is 26.9. The highest BCUT2D eigenvalue weighted by Crippen LogP contribution is 2.26.